The molecule has 0 heterocycles. The maximum Gasteiger partial charge on any atom is 0.339 e. The Kier molecular flexibility index (Phi) is 23.2. The first-order valence-electron chi connectivity index (χ1n) is 7.99. The zero-order valence-electron chi connectivity index (χ0n) is 14.8. The molecule has 0 spiro atoms. The Morgan fingerprint density at radius 3 is 1.36 bits per heavy atom. The zero-order chi connectivity index (χ0) is 18.0. The Bertz CT molecular complexity index is 294. The SMILES string of the molecule is CCCC(=O)C(C(=O)O)=C(C)C.CCCCO.CCCCO. The maximum atomic E-state index is 11.2. The van der Waals surface area contributed by atoms with E-state index in [9.17, 15) is 9.59 Å². The molecule has 0 fully saturated rings. The van der Waals surface area contributed by atoms with Crippen molar-refractivity contribution in [2.45, 2.75) is 73.1 Å². The minimum atomic E-state index is -1.12. The summed E-state index contributed by atoms with van der Waals surface area (Å²) in [7, 11) is 0. The van der Waals surface area contributed by atoms with E-state index in [1.54, 1.807) is 13.8 Å². The van der Waals surface area contributed by atoms with Crippen LogP contribution in [0.15, 0.2) is 11.1 Å². The van der Waals surface area contributed by atoms with Crippen molar-refractivity contribution in [1.82, 2.24) is 0 Å². The van der Waals surface area contributed by atoms with Gasteiger partial charge in [-0.2, -0.15) is 0 Å². The number of Topliss-reactive ketones (excluding diaryl/α,β-unsaturated/α-hetero) is 1. The Hall–Kier alpha value is -1.20. The molecule has 0 aliphatic rings. The minimum absolute atomic E-state index is 0.0585. The van der Waals surface area contributed by atoms with Gasteiger partial charge in [0.15, 0.2) is 5.78 Å². The lowest BCUT2D eigenvalue weighted by Gasteiger charge is -2.01. The van der Waals surface area contributed by atoms with Crippen molar-refractivity contribution in [3.05, 3.63) is 11.1 Å². The van der Waals surface area contributed by atoms with Crippen molar-refractivity contribution in [1.29, 1.82) is 0 Å². The summed E-state index contributed by atoms with van der Waals surface area (Å²) in [6.07, 6.45) is 5.07. The van der Waals surface area contributed by atoms with E-state index in [0.29, 0.717) is 31.6 Å². The van der Waals surface area contributed by atoms with E-state index < -0.39 is 5.97 Å². The van der Waals surface area contributed by atoms with Gasteiger partial charge in [0, 0.05) is 19.6 Å². The van der Waals surface area contributed by atoms with E-state index in [-0.39, 0.29) is 11.4 Å². The van der Waals surface area contributed by atoms with Crippen LogP contribution in [0.25, 0.3) is 0 Å². The smallest absolute Gasteiger partial charge is 0.339 e. The molecule has 5 heteroatoms. The van der Waals surface area contributed by atoms with E-state index in [1.165, 1.54) is 0 Å². The molecule has 3 N–H and O–H groups in total. The lowest BCUT2D eigenvalue weighted by molar-refractivity contribution is -0.134. The number of aliphatic hydroxyl groups excluding tert-OH is 2. The van der Waals surface area contributed by atoms with Gasteiger partial charge >= 0.3 is 5.97 Å². The molecule has 0 radical (unpaired) electrons. The summed E-state index contributed by atoms with van der Waals surface area (Å²) in [5.74, 6) is -1.39. The first-order valence-corrected chi connectivity index (χ1v) is 7.99. The number of aliphatic carboxylic acids is 1. The van der Waals surface area contributed by atoms with Gasteiger partial charge in [-0.15, -0.1) is 0 Å². The van der Waals surface area contributed by atoms with Crippen molar-refractivity contribution < 1.29 is 24.9 Å². The third kappa shape index (κ3) is 18.8. The molecule has 0 bridgehead atoms. The highest BCUT2D eigenvalue weighted by Crippen LogP contribution is 2.08. The topological polar surface area (TPSA) is 94.8 Å². The van der Waals surface area contributed by atoms with Crippen molar-refractivity contribution in [3.63, 3.8) is 0 Å². The predicted molar refractivity (Wildman–Crippen MR) is 89.9 cm³/mol. The number of carbonyl (C=O) groups is 2. The van der Waals surface area contributed by atoms with Gasteiger partial charge < -0.3 is 15.3 Å². The molecule has 0 aromatic heterocycles. The van der Waals surface area contributed by atoms with Gasteiger partial charge in [-0.3, -0.25) is 4.79 Å². The Morgan fingerprint density at radius 1 is 0.818 bits per heavy atom. The number of carboxylic acids is 1. The van der Waals surface area contributed by atoms with Crippen LogP contribution in [-0.2, 0) is 9.59 Å². The van der Waals surface area contributed by atoms with Crippen LogP contribution in [0.5, 0.6) is 0 Å². The average Bonchev–Trinajstić information content (AvgIpc) is 2.41. The summed E-state index contributed by atoms with van der Waals surface area (Å²) in [6.45, 7) is 9.91. The monoisotopic (exact) mass is 318 g/mol. The average molecular weight is 318 g/mol. The summed E-state index contributed by atoms with van der Waals surface area (Å²) in [5, 5.41) is 24.8. The van der Waals surface area contributed by atoms with Crippen LogP contribution < -0.4 is 0 Å². The van der Waals surface area contributed by atoms with E-state index in [2.05, 4.69) is 13.8 Å². The van der Waals surface area contributed by atoms with E-state index in [4.69, 9.17) is 15.3 Å². The van der Waals surface area contributed by atoms with Crippen molar-refractivity contribution >= 4 is 11.8 Å². The molecule has 0 aromatic rings. The summed E-state index contributed by atoms with van der Waals surface area (Å²) in [6, 6.07) is 0. The maximum absolute atomic E-state index is 11.2. The van der Waals surface area contributed by atoms with Crippen LogP contribution in [-0.4, -0.2) is 40.3 Å². The van der Waals surface area contributed by atoms with Gasteiger partial charge in [-0.25, -0.2) is 4.79 Å². The molecule has 0 saturated heterocycles. The number of hydrogen-bond donors (Lipinski definition) is 3. The van der Waals surface area contributed by atoms with Crippen molar-refractivity contribution in [2.24, 2.45) is 0 Å². The van der Waals surface area contributed by atoms with Crippen LogP contribution >= 0.6 is 0 Å². The Morgan fingerprint density at radius 2 is 1.23 bits per heavy atom. The molecule has 22 heavy (non-hydrogen) atoms. The van der Waals surface area contributed by atoms with Crippen molar-refractivity contribution in [2.75, 3.05) is 13.2 Å². The normalized spacial score (nSPS) is 8.86. The fraction of sp³-hybridized carbons (Fsp3) is 0.765. The highest BCUT2D eigenvalue weighted by Gasteiger charge is 2.17. The lowest BCUT2D eigenvalue weighted by Crippen LogP contribution is -2.13. The standard InChI is InChI=1S/C9H14O3.2C4H10O/c1-4-5-7(10)8(6(2)3)9(11)12;2*1-2-3-4-5/h4-5H2,1-3H3,(H,11,12);2*5H,2-4H2,1H3. The van der Waals surface area contributed by atoms with Crippen LogP contribution in [0.1, 0.15) is 73.1 Å². The number of hydrogen-bond acceptors (Lipinski definition) is 4. The number of aliphatic hydroxyl groups is 2. The summed E-state index contributed by atoms with van der Waals surface area (Å²) in [5.41, 5.74) is 0.512. The van der Waals surface area contributed by atoms with Gasteiger partial charge in [-0.05, 0) is 33.1 Å². The zero-order valence-corrected chi connectivity index (χ0v) is 14.8. The van der Waals surface area contributed by atoms with Crippen molar-refractivity contribution in [3.8, 4) is 0 Å². The van der Waals surface area contributed by atoms with Crippen LogP contribution in [0.3, 0.4) is 0 Å². The quantitative estimate of drug-likeness (QED) is 0.362. The Labute approximate surface area is 135 Å². The molecular weight excluding hydrogens is 284 g/mol. The molecule has 0 atom stereocenters. The first-order chi connectivity index (χ1) is 10.3. The molecule has 5 nitrogen and oxygen atoms in total. The number of rotatable bonds is 8. The van der Waals surface area contributed by atoms with Crippen LogP contribution in [0.4, 0.5) is 0 Å². The van der Waals surface area contributed by atoms with Gasteiger partial charge in [0.1, 0.15) is 5.57 Å². The second-order valence-corrected chi connectivity index (χ2v) is 5.01. The highest BCUT2D eigenvalue weighted by atomic mass is 16.4. The lowest BCUT2D eigenvalue weighted by atomic mass is 10.0. The van der Waals surface area contributed by atoms with E-state index in [0.717, 1.165) is 25.7 Å². The number of unbranched alkanes of at least 4 members (excludes halogenated alkanes) is 2. The first kappa shape index (κ1) is 25.7. The van der Waals surface area contributed by atoms with Gasteiger partial charge in [-0.1, -0.05) is 39.2 Å². The molecule has 0 rings (SSSR count). The largest absolute Gasteiger partial charge is 0.478 e. The number of carboxylic acid groups (broad SMARTS) is 1. The molecule has 0 amide bonds. The summed E-state index contributed by atoms with van der Waals surface area (Å²) < 4.78 is 0. The van der Waals surface area contributed by atoms with E-state index >= 15 is 0 Å². The Balaban J connectivity index is -0.000000298. The molecule has 132 valence electrons. The van der Waals surface area contributed by atoms with Crippen LogP contribution in [0.2, 0.25) is 0 Å². The third-order valence-corrected chi connectivity index (χ3v) is 2.49. The van der Waals surface area contributed by atoms with Gasteiger partial charge in [0.2, 0.25) is 0 Å². The highest BCUT2D eigenvalue weighted by molar-refractivity contribution is 6.17. The van der Waals surface area contributed by atoms with Gasteiger partial charge in [0.25, 0.3) is 0 Å². The van der Waals surface area contributed by atoms with Gasteiger partial charge in [0.05, 0.1) is 0 Å². The molecule has 0 unspecified atom stereocenters. The number of allylic oxidation sites excluding steroid dienone is 1. The second kappa shape index (κ2) is 19.8. The van der Waals surface area contributed by atoms with E-state index in [1.807, 2.05) is 6.92 Å². The number of ketones is 1. The summed E-state index contributed by atoms with van der Waals surface area (Å²) in [4.78, 5) is 21.8. The molecular formula is C17H34O5. The molecule has 0 saturated carbocycles. The third-order valence-electron chi connectivity index (χ3n) is 2.49. The molecule has 0 aliphatic heterocycles. The fourth-order valence-electron chi connectivity index (χ4n) is 1.28. The fourth-order valence-corrected chi connectivity index (χ4v) is 1.28. The molecule has 0 aromatic carbocycles. The predicted octanol–water partition coefficient (Wildman–Crippen LogP) is 3.33. The second-order valence-electron chi connectivity index (χ2n) is 5.01. The summed E-state index contributed by atoms with van der Waals surface area (Å²) >= 11 is 0. The minimum Gasteiger partial charge on any atom is -0.478 e. The molecule has 0 aliphatic carbocycles. The van der Waals surface area contributed by atoms with Crippen LogP contribution in [0, 0.1) is 0 Å². The number of carbonyl (C=O) groups excluding carboxylic acids is 1.